The van der Waals surface area contributed by atoms with Gasteiger partial charge in [-0.15, -0.1) is 0 Å². The van der Waals surface area contributed by atoms with E-state index in [9.17, 15) is 10.2 Å². The monoisotopic (exact) mass is 354 g/mol. The van der Waals surface area contributed by atoms with Crippen molar-refractivity contribution in [3.63, 3.8) is 0 Å². The Bertz CT molecular complexity index is 683. The summed E-state index contributed by atoms with van der Waals surface area (Å²) in [6, 6.07) is 16.1. The molecule has 3 heteroatoms. The van der Waals surface area contributed by atoms with Gasteiger partial charge in [0, 0.05) is 12.0 Å². The van der Waals surface area contributed by atoms with Gasteiger partial charge >= 0.3 is 0 Å². The topological polar surface area (TPSA) is 49.7 Å². The van der Waals surface area contributed by atoms with E-state index in [-0.39, 0.29) is 17.8 Å². The second-order valence-corrected chi connectivity index (χ2v) is 7.45. The van der Waals surface area contributed by atoms with Crippen molar-refractivity contribution in [3.8, 4) is 11.5 Å². The van der Waals surface area contributed by atoms with Crippen LogP contribution >= 0.6 is 0 Å². The zero-order chi connectivity index (χ0) is 18.4. The maximum Gasteiger partial charge on any atom is 0.123 e. The zero-order valence-electron chi connectivity index (χ0n) is 15.6. The second kappa shape index (κ2) is 9.09. The summed E-state index contributed by atoms with van der Waals surface area (Å²) in [6.45, 7) is 2.80. The van der Waals surface area contributed by atoms with Crippen molar-refractivity contribution in [1.29, 1.82) is 0 Å². The first-order valence-corrected chi connectivity index (χ1v) is 9.86. The number of aromatic hydroxyl groups is 1. The standard InChI is InChI=1S/C23H30O3/c1-2-7-19(17-8-4-3-5-9-17)16-26-21-12-13-22(23(25)15-21)18-10-6-11-20(24)14-18/h3-5,8-9,12-13,15,18-20,24-25H,2,6-7,10-11,14,16H2,1H3. The molecular formula is C23H30O3. The third-order valence-corrected chi connectivity index (χ3v) is 5.45. The molecule has 0 aromatic heterocycles. The molecule has 3 atom stereocenters. The van der Waals surface area contributed by atoms with Crippen LogP contribution in [0.4, 0.5) is 0 Å². The molecule has 1 aliphatic rings. The van der Waals surface area contributed by atoms with Crippen molar-refractivity contribution < 1.29 is 14.9 Å². The first-order valence-electron chi connectivity index (χ1n) is 9.86. The summed E-state index contributed by atoms with van der Waals surface area (Å²) in [7, 11) is 0. The van der Waals surface area contributed by atoms with Crippen molar-refractivity contribution in [1.82, 2.24) is 0 Å². The van der Waals surface area contributed by atoms with E-state index in [2.05, 4.69) is 31.2 Å². The van der Waals surface area contributed by atoms with Crippen LogP contribution in [0.5, 0.6) is 11.5 Å². The van der Waals surface area contributed by atoms with Crippen molar-refractivity contribution in [3.05, 3.63) is 59.7 Å². The molecule has 2 aromatic carbocycles. The average Bonchev–Trinajstić information content (AvgIpc) is 2.66. The lowest BCUT2D eigenvalue weighted by atomic mass is 9.82. The van der Waals surface area contributed by atoms with Crippen LogP contribution < -0.4 is 4.74 Å². The van der Waals surface area contributed by atoms with Crippen LogP contribution in [0.2, 0.25) is 0 Å². The highest BCUT2D eigenvalue weighted by Gasteiger charge is 2.24. The SMILES string of the molecule is CCCC(COc1ccc(C2CCCC(O)C2)c(O)c1)c1ccccc1. The number of ether oxygens (including phenoxy) is 1. The van der Waals surface area contributed by atoms with Crippen molar-refractivity contribution in [2.75, 3.05) is 6.61 Å². The highest BCUT2D eigenvalue weighted by molar-refractivity contribution is 5.42. The molecular weight excluding hydrogens is 324 g/mol. The van der Waals surface area contributed by atoms with Gasteiger partial charge in [-0.1, -0.05) is 56.2 Å². The number of phenolic OH excluding ortho intramolecular Hbond substituents is 1. The molecule has 3 rings (SSSR count). The molecule has 0 bridgehead atoms. The van der Waals surface area contributed by atoms with E-state index < -0.39 is 0 Å². The van der Waals surface area contributed by atoms with E-state index in [0.29, 0.717) is 18.3 Å². The molecule has 0 radical (unpaired) electrons. The molecule has 2 N–H and O–H groups in total. The summed E-state index contributed by atoms with van der Waals surface area (Å²) < 4.78 is 6.01. The molecule has 1 saturated carbocycles. The summed E-state index contributed by atoms with van der Waals surface area (Å²) in [5.41, 5.74) is 2.23. The van der Waals surface area contributed by atoms with Crippen LogP contribution in [-0.2, 0) is 0 Å². The van der Waals surface area contributed by atoms with Crippen LogP contribution in [0.3, 0.4) is 0 Å². The fraction of sp³-hybridized carbons (Fsp3) is 0.478. The van der Waals surface area contributed by atoms with Gasteiger partial charge in [-0.25, -0.2) is 0 Å². The van der Waals surface area contributed by atoms with Gasteiger partial charge in [-0.05, 0) is 48.8 Å². The maximum absolute atomic E-state index is 10.5. The quantitative estimate of drug-likeness (QED) is 0.702. The molecule has 0 aliphatic heterocycles. The first kappa shape index (κ1) is 18.8. The predicted octanol–water partition coefficient (Wildman–Crippen LogP) is 5.37. The minimum atomic E-state index is -0.246. The van der Waals surface area contributed by atoms with Crippen LogP contribution in [0.1, 0.15) is 68.4 Å². The maximum atomic E-state index is 10.5. The van der Waals surface area contributed by atoms with Gasteiger partial charge in [0.15, 0.2) is 0 Å². The number of rotatable bonds is 7. The number of hydrogen-bond acceptors (Lipinski definition) is 3. The van der Waals surface area contributed by atoms with Gasteiger partial charge in [0.05, 0.1) is 12.7 Å². The van der Waals surface area contributed by atoms with Crippen LogP contribution in [0, 0.1) is 0 Å². The van der Waals surface area contributed by atoms with Gasteiger partial charge < -0.3 is 14.9 Å². The molecule has 3 unspecified atom stereocenters. The number of benzene rings is 2. The zero-order valence-corrected chi connectivity index (χ0v) is 15.6. The van der Waals surface area contributed by atoms with Gasteiger partial charge in [0.25, 0.3) is 0 Å². The lowest BCUT2D eigenvalue weighted by Crippen LogP contribution is -2.18. The van der Waals surface area contributed by atoms with E-state index >= 15 is 0 Å². The minimum absolute atomic E-state index is 0.241. The second-order valence-electron chi connectivity index (χ2n) is 7.45. The summed E-state index contributed by atoms with van der Waals surface area (Å²) in [5.74, 6) is 1.59. The van der Waals surface area contributed by atoms with Crippen molar-refractivity contribution in [2.45, 2.75) is 63.4 Å². The van der Waals surface area contributed by atoms with E-state index in [4.69, 9.17) is 4.74 Å². The van der Waals surface area contributed by atoms with Gasteiger partial charge in [-0.2, -0.15) is 0 Å². The Morgan fingerprint density at radius 3 is 2.62 bits per heavy atom. The summed E-state index contributed by atoms with van der Waals surface area (Å²) in [4.78, 5) is 0. The van der Waals surface area contributed by atoms with E-state index in [0.717, 1.165) is 44.1 Å². The molecule has 2 aromatic rings. The minimum Gasteiger partial charge on any atom is -0.508 e. The summed E-state index contributed by atoms with van der Waals surface area (Å²) in [6.07, 6.45) is 5.59. The van der Waals surface area contributed by atoms with E-state index in [1.165, 1.54) is 5.56 Å². The van der Waals surface area contributed by atoms with Gasteiger partial charge in [0.2, 0.25) is 0 Å². The number of phenols is 1. The Balaban J connectivity index is 1.65. The average molecular weight is 354 g/mol. The molecule has 1 aliphatic carbocycles. The summed E-state index contributed by atoms with van der Waals surface area (Å²) >= 11 is 0. The van der Waals surface area contributed by atoms with Crippen molar-refractivity contribution in [2.24, 2.45) is 0 Å². The lowest BCUT2D eigenvalue weighted by Gasteiger charge is -2.27. The Kier molecular flexibility index (Phi) is 6.56. The first-order chi connectivity index (χ1) is 12.7. The molecule has 0 amide bonds. The van der Waals surface area contributed by atoms with Gasteiger partial charge in [0.1, 0.15) is 11.5 Å². The Morgan fingerprint density at radius 2 is 1.92 bits per heavy atom. The molecule has 1 fully saturated rings. The largest absolute Gasteiger partial charge is 0.508 e. The van der Waals surface area contributed by atoms with Crippen molar-refractivity contribution >= 4 is 0 Å². The van der Waals surface area contributed by atoms with Crippen LogP contribution in [-0.4, -0.2) is 22.9 Å². The molecule has 26 heavy (non-hydrogen) atoms. The Labute approximate surface area is 156 Å². The predicted molar refractivity (Wildman–Crippen MR) is 105 cm³/mol. The van der Waals surface area contributed by atoms with Crippen LogP contribution in [0.15, 0.2) is 48.5 Å². The molecule has 0 heterocycles. The third-order valence-electron chi connectivity index (χ3n) is 5.45. The number of aliphatic hydroxyl groups excluding tert-OH is 1. The molecule has 0 saturated heterocycles. The highest BCUT2D eigenvalue weighted by Crippen LogP contribution is 2.38. The molecule has 140 valence electrons. The number of hydrogen-bond donors (Lipinski definition) is 2. The Morgan fingerprint density at radius 1 is 1.12 bits per heavy atom. The van der Waals surface area contributed by atoms with Crippen LogP contribution in [0.25, 0.3) is 0 Å². The Hall–Kier alpha value is -2.00. The fourth-order valence-electron chi connectivity index (χ4n) is 4.02. The molecule has 3 nitrogen and oxygen atoms in total. The van der Waals surface area contributed by atoms with Gasteiger partial charge in [-0.3, -0.25) is 0 Å². The fourth-order valence-corrected chi connectivity index (χ4v) is 4.02. The smallest absolute Gasteiger partial charge is 0.123 e. The van der Waals surface area contributed by atoms with E-state index in [1.807, 2.05) is 18.2 Å². The normalized spacial score (nSPS) is 21.3. The lowest BCUT2D eigenvalue weighted by molar-refractivity contribution is 0.119. The third kappa shape index (κ3) is 4.79. The summed E-state index contributed by atoms with van der Waals surface area (Å²) in [5, 5.41) is 20.3. The van der Waals surface area contributed by atoms with E-state index in [1.54, 1.807) is 6.07 Å². The number of aliphatic hydroxyl groups is 1. The molecule has 0 spiro atoms. The highest BCUT2D eigenvalue weighted by atomic mass is 16.5.